The highest BCUT2D eigenvalue weighted by atomic mass is 35.5. The zero-order valence-corrected chi connectivity index (χ0v) is 14.2. The predicted molar refractivity (Wildman–Crippen MR) is 93.8 cm³/mol. The summed E-state index contributed by atoms with van der Waals surface area (Å²) in [5.74, 6) is 0.826. The van der Waals surface area contributed by atoms with E-state index in [-0.39, 0.29) is 12.5 Å². The third-order valence-electron chi connectivity index (χ3n) is 3.69. The van der Waals surface area contributed by atoms with Gasteiger partial charge in [0.25, 0.3) is 5.91 Å². The molecule has 6 nitrogen and oxygen atoms in total. The van der Waals surface area contributed by atoms with Gasteiger partial charge in [-0.3, -0.25) is 4.79 Å². The van der Waals surface area contributed by atoms with Crippen LogP contribution in [0.3, 0.4) is 0 Å². The number of amides is 1. The maximum atomic E-state index is 12.0. The summed E-state index contributed by atoms with van der Waals surface area (Å²) in [4.78, 5) is 22.9. The van der Waals surface area contributed by atoms with Crippen molar-refractivity contribution >= 4 is 29.1 Å². The number of carbonyl (C=O) groups excluding carboxylic acids is 1. The Kier molecular flexibility index (Phi) is 5.15. The number of nitrogens with one attached hydrogen (secondary N) is 1. The van der Waals surface area contributed by atoms with Crippen LogP contribution in [0.4, 0.5) is 11.6 Å². The maximum Gasteiger partial charge on any atom is 0.262 e. The number of ether oxygens (including phenoxy) is 1. The molecule has 0 spiro atoms. The first-order chi connectivity index (χ1) is 11.6. The Morgan fingerprint density at radius 2 is 1.96 bits per heavy atom. The molecule has 2 heterocycles. The summed E-state index contributed by atoms with van der Waals surface area (Å²) < 4.78 is 5.53. The highest BCUT2D eigenvalue weighted by Gasteiger charge is 2.16. The van der Waals surface area contributed by atoms with E-state index in [2.05, 4.69) is 20.2 Å². The molecular weight excluding hydrogens is 328 g/mol. The Hall–Kier alpha value is -2.34. The van der Waals surface area contributed by atoms with E-state index >= 15 is 0 Å². The lowest BCUT2D eigenvalue weighted by molar-refractivity contribution is -0.118. The molecule has 1 amide bonds. The molecule has 1 aliphatic heterocycles. The van der Waals surface area contributed by atoms with Crippen molar-refractivity contribution in [3.63, 3.8) is 0 Å². The summed E-state index contributed by atoms with van der Waals surface area (Å²) in [5.41, 5.74) is 1.49. The van der Waals surface area contributed by atoms with Crippen LogP contribution in [-0.4, -0.2) is 35.6 Å². The van der Waals surface area contributed by atoms with Crippen molar-refractivity contribution in [2.45, 2.75) is 19.8 Å². The number of hydrogen-bond donors (Lipinski definition) is 1. The molecule has 1 fully saturated rings. The van der Waals surface area contributed by atoms with Gasteiger partial charge in [-0.15, -0.1) is 0 Å². The van der Waals surface area contributed by atoms with Crippen LogP contribution in [0.15, 0.2) is 30.3 Å². The predicted octanol–water partition coefficient (Wildman–Crippen LogP) is 3.06. The lowest BCUT2D eigenvalue weighted by atomic mass is 10.3. The highest BCUT2D eigenvalue weighted by molar-refractivity contribution is 6.30. The van der Waals surface area contributed by atoms with E-state index in [0.29, 0.717) is 22.5 Å². The van der Waals surface area contributed by atoms with Gasteiger partial charge in [0.15, 0.2) is 6.61 Å². The van der Waals surface area contributed by atoms with Crippen LogP contribution in [0, 0.1) is 6.92 Å². The van der Waals surface area contributed by atoms with Gasteiger partial charge in [0.1, 0.15) is 0 Å². The second-order valence-corrected chi connectivity index (χ2v) is 6.12. The molecule has 0 bridgehead atoms. The highest BCUT2D eigenvalue weighted by Crippen LogP contribution is 2.19. The molecule has 1 N–H and O–H groups in total. The largest absolute Gasteiger partial charge is 0.467 e. The molecule has 0 aliphatic carbocycles. The Bertz CT molecular complexity index is 715. The third-order valence-corrected chi connectivity index (χ3v) is 3.94. The second-order valence-electron chi connectivity index (χ2n) is 5.69. The number of aryl methyl sites for hydroxylation is 1. The van der Waals surface area contributed by atoms with Crippen LogP contribution in [0.25, 0.3) is 0 Å². The van der Waals surface area contributed by atoms with Gasteiger partial charge in [-0.05, 0) is 44.0 Å². The maximum absolute atomic E-state index is 12.0. The van der Waals surface area contributed by atoms with E-state index in [1.165, 1.54) is 0 Å². The van der Waals surface area contributed by atoms with Crippen molar-refractivity contribution in [1.29, 1.82) is 0 Å². The molecule has 126 valence electrons. The monoisotopic (exact) mass is 346 g/mol. The smallest absolute Gasteiger partial charge is 0.262 e. The van der Waals surface area contributed by atoms with E-state index in [4.69, 9.17) is 16.3 Å². The van der Waals surface area contributed by atoms with E-state index in [0.717, 1.165) is 31.6 Å². The standard InChI is InChI=1S/C17H19ClN4O2/c1-12-10-16(21-17(19-12)22-8-2-3-9-22)24-11-15(23)20-14-6-4-13(18)5-7-14/h4-7,10H,2-3,8-9,11H2,1H3,(H,20,23). The van der Waals surface area contributed by atoms with Crippen LogP contribution >= 0.6 is 11.6 Å². The Labute approximate surface area is 145 Å². The molecule has 1 aromatic heterocycles. The van der Waals surface area contributed by atoms with Crippen molar-refractivity contribution in [3.05, 3.63) is 41.0 Å². The molecule has 0 saturated carbocycles. The summed E-state index contributed by atoms with van der Waals surface area (Å²) in [6, 6.07) is 8.64. The quantitative estimate of drug-likeness (QED) is 0.901. The first kappa shape index (κ1) is 16.5. The van der Waals surface area contributed by atoms with Crippen LogP contribution < -0.4 is 15.0 Å². The minimum Gasteiger partial charge on any atom is -0.467 e. The van der Waals surface area contributed by atoms with E-state index in [9.17, 15) is 4.79 Å². The van der Waals surface area contributed by atoms with E-state index in [1.807, 2.05) is 6.92 Å². The average molecular weight is 347 g/mol. The fraction of sp³-hybridized carbons (Fsp3) is 0.353. The number of hydrogen-bond acceptors (Lipinski definition) is 5. The molecule has 1 aliphatic rings. The number of benzene rings is 1. The van der Waals surface area contributed by atoms with Crippen molar-refractivity contribution < 1.29 is 9.53 Å². The van der Waals surface area contributed by atoms with Gasteiger partial charge in [0.2, 0.25) is 11.8 Å². The molecule has 7 heteroatoms. The second kappa shape index (κ2) is 7.49. The number of anilines is 2. The Morgan fingerprint density at radius 3 is 2.67 bits per heavy atom. The minimum absolute atomic E-state index is 0.113. The first-order valence-corrected chi connectivity index (χ1v) is 8.27. The van der Waals surface area contributed by atoms with Crippen molar-refractivity contribution in [2.75, 3.05) is 29.9 Å². The molecule has 0 unspecified atom stereocenters. The third kappa shape index (κ3) is 4.35. The number of aromatic nitrogens is 2. The molecule has 0 radical (unpaired) electrons. The molecule has 2 aromatic rings. The lowest BCUT2D eigenvalue weighted by Gasteiger charge is -2.16. The average Bonchev–Trinajstić information content (AvgIpc) is 3.09. The molecule has 1 aromatic carbocycles. The van der Waals surface area contributed by atoms with Gasteiger partial charge < -0.3 is 15.0 Å². The van der Waals surface area contributed by atoms with Crippen molar-refractivity contribution in [2.24, 2.45) is 0 Å². The summed E-state index contributed by atoms with van der Waals surface area (Å²) in [5, 5.41) is 3.37. The summed E-state index contributed by atoms with van der Waals surface area (Å²) >= 11 is 5.82. The summed E-state index contributed by atoms with van der Waals surface area (Å²) in [6.07, 6.45) is 2.30. The molecule has 1 saturated heterocycles. The zero-order valence-electron chi connectivity index (χ0n) is 13.5. The van der Waals surface area contributed by atoms with E-state index in [1.54, 1.807) is 30.3 Å². The van der Waals surface area contributed by atoms with Gasteiger partial charge in [0.05, 0.1) is 0 Å². The zero-order chi connectivity index (χ0) is 16.9. The molecular formula is C17H19ClN4O2. The SMILES string of the molecule is Cc1cc(OCC(=O)Nc2ccc(Cl)cc2)nc(N2CCCC2)n1. The summed E-state index contributed by atoms with van der Waals surface area (Å²) in [6.45, 7) is 3.69. The topological polar surface area (TPSA) is 67.3 Å². The fourth-order valence-corrected chi connectivity index (χ4v) is 2.65. The molecule has 24 heavy (non-hydrogen) atoms. The van der Waals surface area contributed by atoms with Gasteiger partial charge in [-0.2, -0.15) is 4.98 Å². The van der Waals surface area contributed by atoms with Gasteiger partial charge in [0, 0.05) is 35.6 Å². The number of rotatable bonds is 5. The lowest BCUT2D eigenvalue weighted by Crippen LogP contribution is -2.23. The minimum atomic E-state index is -0.253. The first-order valence-electron chi connectivity index (χ1n) is 7.89. The van der Waals surface area contributed by atoms with Crippen LogP contribution in [-0.2, 0) is 4.79 Å². The number of carbonyl (C=O) groups is 1. The van der Waals surface area contributed by atoms with Crippen LogP contribution in [0.2, 0.25) is 5.02 Å². The Balaban J connectivity index is 1.59. The normalized spacial score (nSPS) is 13.8. The van der Waals surface area contributed by atoms with Gasteiger partial charge in [-0.25, -0.2) is 4.98 Å². The fourth-order valence-electron chi connectivity index (χ4n) is 2.53. The van der Waals surface area contributed by atoms with Crippen molar-refractivity contribution in [3.8, 4) is 5.88 Å². The van der Waals surface area contributed by atoms with Crippen LogP contribution in [0.1, 0.15) is 18.5 Å². The molecule has 3 rings (SSSR count). The Morgan fingerprint density at radius 1 is 1.25 bits per heavy atom. The van der Waals surface area contributed by atoms with Crippen molar-refractivity contribution in [1.82, 2.24) is 9.97 Å². The van der Waals surface area contributed by atoms with Gasteiger partial charge in [-0.1, -0.05) is 11.6 Å². The molecule has 0 atom stereocenters. The summed E-state index contributed by atoms with van der Waals surface area (Å²) in [7, 11) is 0. The number of nitrogens with zero attached hydrogens (tertiary/aromatic N) is 3. The number of halogens is 1. The van der Waals surface area contributed by atoms with Crippen LogP contribution in [0.5, 0.6) is 5.88 Å². The van der Waals surface area contributed by atoms with Gasteiger partial charge >= 0.3 is 0 Å². The van der Waals surface area contributed by atoms with E-state index < -0.39 is 0 Å².